The van der Waals surface area contributed by atoms with Crippen LogP contribution in [0.5, 0.6) is 5.75 Å². The van der Waals surface area contributed by atoms with E-state index in [0.29, 0.717) is 34.1 Å². The molecule has 2 aromatic carbocycles. The van der Waals surface area contributed by atoms with Crippen LogP contribution < -0.4 is 4.74 Å². The van der Waals surface area contributed by atoms with E-state index in [1.165, 1.54) is 11.8 Å². The Labute approximate surface area is 170 Å². The molecule has 0 radical (unpaired) electrons. The minimum atomic E-state index is 0.517. The van der Waals surface area contributed by atoms with E-state index in [9.17, 15) is 0 Å². The maximum atomic E-state index is 6.03. The van der Waals surface area contributed by atoms with Crippen molar-refractivity contribution in [1.82, 2.24) is 25.2 Å². The number of hydrogen-bond acceptors (Lipinski definition) is 7. The van der Waals surface area contributed by atoms with Gasteiger partial charge in [-0.15, -0.1) is 5.10 Å². The molecule has 2 aromatic heterocycles. The van der Waals surface area contributed by atoms with E-state index in [4.69, 9.17) is 20.8 Å². The largest absolute Gasteiger partial charge is 0.497 e. The van der Waals surface area contributed by atoms with Gasteiger partial charge in [-0.25, -0.2) is 9.67 Å². The van der Waals surface area contributed by atoms with Crippen LogP contribution in [0.3, 0.4) is 0 Å². The number of thioether (sulfide) groups is 1. The number of oxazole rings is 1. The first-order valence-electron chi connectivity index (χ1n) is 8.44. The van der Waals surface area contributed by atoms with Gasteiger partial charge in [-0.2, -0.15) is 0 Å². The minimum absolute atomic E-state index is 0.517. The lowest BCUT2D eigenvalue weighted by atomic mass is 10.2. The smallest absolute Gasteiger partial charge is 0.210 e. The van der Waals surface area contributed by atoms with E-state index in [0.717, 1.165) is 16.9 Å². The van der Waals surface area contributed by atoms with Crippen LogP contribution in [0.4, 0.5) is 0 Å². The van der Waals surface area contributed by atoms with Crippen LogP contribution in [0.2, 0.25) is 5.02 Å². The van der Waals surface area contributed by atoms with Crippen LogP contribution in [-0.4, -0.2) is 32.3 Å². The third kappa shape index (κ3) is 4.35. The number of ether oxygens (including phenoxy) is 1. The molecule has 4 aromatic rings. The number of methoxy groups -OCH3 is 1. The van der Waals surface area contributed by atoms with Crippen molar-refractivity contribution in [2.24, 2.45) is 0 Å². The molecule has 2 heterocycles. The van der Waals surface area contributed by atoms with Gasteiger partial charge in [0.15, 0.2) is 5.76 Å². The average molecular weight is 414 g/mol. The van der Waals surface area contributed by atoms with Crippen molar-refractivity contribution in [2.45, 2.75) is 17.5 Å². The molecule has 0 aliphatic heterocycles. The van der Waals surface area contributed by atoms with Gasteiger partial charge in [-0.1, -0.05) is 47.6 Å². The van der Waals surface area contributed by atoms with Crippen LogP contribution in [0.25, 0.3) is 11.3 Å². The third-order valence-corrected chi connectivity index (χ3v) is 5.15. The Morgan fingerprint density at radius 3 is 2.82 bits per heavy atom. The van der Waals surface area contributed by atoms with Crippen molar-refractivity contribution in [1.29, 1.82) is 0 Å². The summed E-state index contributed by atoms with van der Waals surface area (Å²) in [6, 6.07) is 15.3. The minimum Gasteiger partial charge on any atom is -0.497 e. The van der Waals surface area contributed by atoms with Crippen molar-refractivity contribution in [2.75, 3.05) is 7.11 Å². The monoisotopic (exact) mass is 413 g/mol. The van der Waals surface area contributed by atoms with Crippen LogP contribution in [0, 0.1) is 0 Å². The Bertz CT molecular complexity index is 1060. The molecule has 28 heavy (non-hydrogen) atoms. The summed E-state index contributed by atoms with van der Waals surface area (Å²) in [4.78, 5) is 4.33. The number of hydrogen-bond donors (Lipinski definition) is 0. The van der Waals surface area contributed by atoms with Gasteiger partial charge in [0.2, 0.25) is 11.0 Å². The highest BCUT2D eigenvalue weighted by molar-refractivity contribution is 7.98. The maximum absolute atomic E-state index is 6.03. The van der Waals surface area contributed by atoms with E-state index < -0.39 is 0 Å². The first-order chi connectivity index (χ1) is 13.7. The topological polar surface area (TPSA) is 78.9 Å². The van der Waals surface area contributed by atoms with Gasteiger partial charge in [0.05, 0.1) is 25.6 Å². The lowest BCUT2D eigenvalue weighted by Crippen LogP contribution is -2.04. The molecule has 0 atom stereocenters. The zero-order chi connectivity index (χ0) is 19.3. The normalized spacial score (nSPS) is 10.9. The van der Waals surface area contributed by atoms with Gasteiger partial charge < -0.3 is 9.15 Å². The van der Waals surface area contributed by atoms with E-state index in [1.807, 2.05) is 48.5 Å². The number of nitrogens with zero attached hydrogens (tertiary/aromatic N) is 5. The fraction of sp³-hybridized carbons (Fsp3) is 0.158. The van der Waals surface area contributed by atoms with Crippen molar-refractivity contribution in [3.05, 3.63) is 71.2 Å². The molecule has 0 saturated heterocycles. The second kappa shape index (κ2) is 8.45. The molecule has 0 aliphatic carbocycles. The molecule has 0 unspecified atom stereocenters. The zero-order valence-corrected chi connectivity index (χ0v) is 16.5. The Morgan fingerprint density at radius 1 is 1.18 bits per heavy atom. The van der Waals surface area contributed by atoms with E-state index >= 15 is 0 Å². The molecule has 142 valence electrons. The van der Waals surface area contributed by atoms with Gasteiger partial charge in [-0.05, 0) is 40.3 Å². The summed E-state index contributed by atoms with van der Waals surface area (Å²) in [5.74, 6) is 2.60. The fourth-order valence-electron chi connectivity index (χ4n) is 2.58. The molecule has 0 amide bonds. The third-order valence-electron chi connectivity index (χ3n) is 3.98. The summed E-state index contributed by atoms with van der Waals surface area (Å²) in [6.45, 7) is 0.568. The van der Waals surface area contributed by atoms with Crippen LogP contribution in [0.1, 0.15) is 11.5 Å². The summed E-state index contributed by atoms with van der Waals surface area (Å²) < 4.78 is 12.7. The van der Waals surface area contributed by atoms with Gasteiger partial charge in [-0.3, -0.25) is 0 Å². The van der Waals surface area contributed by atoms with Gasteiger partial charge in [0.1, 0.15) is 5.75 Å². The number of rotatable bonds is 7. The quantitative estimate of drug-likeness (QED) is 0.417. The molecule has 0 fully saturated rings. The predicted octanol–water partition coefficient (Wildman–Crippen LogP) is 4.33. The molecule has 0 saturated carbocycles. The lowest BCUT2D eigenvalue weighted by Gasteiger charge is -2.05. The van der Waals surface area contributed by atoms with Crippen molar-refractivity contribution in [3.8, 4) is 17.1 Å². The van der Waals surface area contributed by atoms with Crippen molar-refractivity contribution in [3.63, 3.8) is 0 Å². The standard InChI is InChI=1S/C19H16ClN5O2S/c1-26-16-7-5-13(6-8-16)11-25-19(22-23-24-25)28-12-18-21-10-17(27-18)14-3-2-4-15(20)9-14/h2-10H,11-12H2,1H3. The van der Waals surface area contributed by atoms with Gasteiger partial charge >= 0.3 is 0 Å². The van der Waals surface area contributed by atoms with Crippen molar-refractivity contribution < 1.29 is 9.15 Å². The molecular weight excluding hydrogens is 398 g/mol. The Morgan fingerprint density at radius 2 is 2.04 bits per heavy atom. The number of aromatic nitrogens is 5. The number of tetrazole rings is 1. The maximum Gasteiger partial charge on any atom is 0.210 e. The lowest BCUT2D eigenvalue weighted by molar-refractivity contribution is 0.414. The Kier molecular flexibility index (Phi) is 5.59. The highest BCUT2D eigenvalue weighted by atomic mass is 35.5. The molecule has 0 bridgehead atoms. The van der Waals surface area contributed by atoms with Gasteiger partial charge in [0.25, 0.3) is 0 Å². The van der Waals surface area contributed by atoms with E-state index in [-0.39, 0.29) is 0 Å². The fourth-order valence-corrected chi connectivity index (χ4v) is 3.50. The molecule has 0 spiro atoms. The first-order valence-corrected chi connectivity index (χ1v) is 9.80. The molecule has 4 rings (SSSR count). The summed E-state index contributed by atoms with van der Waals surface area (Å²) in [7, 11) is 1.64. The van der Waals surface area contributed by atoms with Gasteiger partial charge in [0, 0.05) is 10.6 Å². The molecule has 7 nitrogen and oxygen atoms in total. The summed E-state index contributed by atoms with van der Waals surface area (Å²) in [5, 5.41) is 13.3. The van der Waals surface area contributed by atoms with Crippen LogP contribution in [0.15, 0.2) is 64.3 Å². The predicted molar refractivity (Wildman–Crippen MR) is 106 cm³/mol. The Hall–Kier alpha value is -2.84. The second-order valence-corrected chi connectivity index (χ2v) is 7.26. The highest BCUT2D eigenvalue weighted by Gasteiger charge is 2.12. The average Bonchev–Trinajstić information content (AvgIpc) is 3.36. The van der Waals surface area contributed by atoms with Crippen LogP contribution in [-0.2, 0) is 12.3 Å². The molecule has 0 aliphatic rings. The zero-order valence-electron chi connectivity index (χ0n) is 14.9. The Balaban J connectivity index is 1.41. The number of benzene rings is 2. The van der Waals surface area contributed by atoms with E-state index in [1.54, 1.807) is 18.0 Å². The van der Waals surface area contributed by atoms with E-state index in [2.05, 4.69) is 20.5 Å². The molecule has 0 N–H and O–H groups in total. The van der Waals surface area contributed by atoms with Crippen LogP contribution >= 0.6 is 23.4 Å². The summed E-state index contributed by atoms with van der Waals surface area (Å²) >= 11 is 7.50. The second-order valence-electron chi connectivity index (χ2n) is 5.88. The molecular formula is C19H16ClN5O2S. The number of halogens is 1. The highest BCUT2D eigenvalue weighted by Crippen LogP contribution is 2.26. The molecule has 9 heteroatoms. The van der Waals surface area contributed by atoms with Crippen molar-refractivity contribution >= 4 is 23.4 Å². The summed E-state index contributed by atoms with van der Waals surface area (Å²) in [5.41, 5.74) is 1.97. The first kappa shape index (κ1) is 18.5. The summed E-state index contributed by atoms with van der Waals surface area (Å²) in [6.07, 6.45) is 1.70. The SMILES string of the molecule is COc1ccc(Cn2nnnc2SCc2ncc(-c3cccc(Cl)c3)o2)cc1.